The molecular formula is C21H20N2O3S. The second-order valence-corrected chi connectivity index (χ2v) is 7.23. The molecule has 5 nitrogen and oxygen atoms in total. The molecule has 0 spiro atoms. The van der Waals surface area contributed by atoms with E-state index in [0.717, 1.165) is 35.1 Å². The minimum atomic E-state index is -0.195. The van der Waals surface area contributed by atoms with E-state index in [-0.39, 0.29) is 5.91 Å². The summed E-state index contributed by atoms with van der Waals surface area (Å²) in [5.41, 5.74) is 1.98. The van der Waals surface area contributed by atoms with E-state index in [1.165, 1.54) is 11.8 Å². The second kappa shape index (κ2) is 8.41. The first-order chi connectivity index (χ1) is 13.3. The van der Waals surface area contributed by atoms with E-state index in [1.807, 2.05) is 60.7 Å². The zero-order chi connectivity index (χ0) is 18.5. The molecule has 2 aromatic carbocycles. The summed E-state index contributed by atoms with van der Waals surface area (Å²) >= 11 is 1.42. The molecule has 0 aliphatic carbocycles. The molecule has 0 unspecified atom stereocenters. The van der Waals surface area contributed by atoms with Crippen LogP contribution in [0.2, 0.25) is 0 Å². The van der Waals surface area contributed by atoms with Crippen LogP contribution < -0.4 is 4.74 Å². The van der Waals surface area contributed by atoms with Gasteiger partial charge in [-0.15, -0.1) is 0 Å². The van der Waals surface area contributed by atoms with Crippen molar-refractivity contribution in [2.45, 2.75) is 6.61 Å². The molecule has 2 aliphatic rings. The van der Waals surface area contributed by atoms with Crippen LogP contribution in [0.3, 0.4) is 0 Å². The standard InChI is InChI=1S/C21H20N2O3S/c24-20-19(27-21(22-20)23-10-12-25-13-11-23)14-17-8-4-5-9-18(17)26-15-16-6-2-1-3-7-16/h1-9,14H,10-13,15H2/b19-14-. The van der Waals surface area contributed by atoms with E-state index in [0.29, 0.717) is 24.7 Å². The van der Waals surface area contributed by atoms with Crippen LogP contribution >= 0.6 is 11.8 Å². The largest absolute Gasteiger partial charge is 0.488 e. The number of morpholine rings is 1. The molecule has 2 aromatic rings. The molecule has 0 bridgehead atoms. The Morgan fingerprint density at radius 3 is 2.63 bits per heavy atom. The van der Waals surface area contributed by atoms with Crippen molar-refractivity contribution < 1.29 is 14.3 Å². The Morgan fingerprint density at radius 1 is 1.07 bits per heavy atom. The molecule has 138 valence electrons. The number of ether oxygens (including phenoxy) is 2. The van der Waals surface area contributed by atoms with Crippen molar-refractivity contribution in [3.05, 3.63) is 70.6 Å². The summed E-state index contributed by atoms with van der Waals surface area (Å²) in [6.45, 7) is 3.36. The number of amides is 1. The number of hydrogen-bond donors (Lipinski definition) is 0. The third-order valence-corrected chi connectivity index (χ3v) is 5.38. The number of amidine groups is 1. The maximum Gasteiger partial charge on any atom is 0.286 e. The van der Waals surface area contributed by atoms with Gasteiger partial charge in [0.05, 0.1) is 18.1 Å². The number of benzene rings is 2. The molecule has 1 fully saturated rings. The van der Waals surface area contributed by atoms with Crippen molar-refractivity contribution in [2.24, 2.45) is 4.99 Å². The van der Waals surface area contributed by atoms with Crippen LogP contribution in [0.1, 0.15) is 11.1 Å². The van der Waals surface area contributed by atoms with Crippen molar-refractivity contribution in [1.29, 1.82) is 0 Å². The van der Waals surface area contributed by atoms with Gasteiger partial charge in [0.2, 0.25) is 0 Å². The van der Waals surface area contributed by atoms with Crippen LogP contribution in [0, 0.1) is 0 Å². The van der Waals surface area contributed by atoms with Crippen LogP contribution in [0.5, 0.6) is 5.75 Å². The SMILES string of the molecule is O=C1N=C(N2CCOCC2)S/C1=C\c1ccccc1OCc1ccccc1. The van der Waals surface area contributed by atoms with Crippen molar-refractivity contribution in [3.8, 4) is 5.75 Å². The first kappa shape index (κ1) is 17.8. The van der Waals surface area contributed by atoms with Crippen molar-refractivity contribution >= 4 is 28.9 Å². The number of para-hydroxylation sites is 1. The Balaban J connectivity index is 1.48. The van der Waals surface area contributed by atoms with Gasteiger partial charge >= 0.3 is 0 Å². The highest BCUT2D eigenvalue weighted by atomic mass is 32.2. The Hall–Kier alpha value is -2.57. The van der Waals surface area contributed by atoms with E-state index in [2.05, 4.69) is 9.89 Å². The highest BCUT2D eigenvalue weighted by molar-refractivity contribution is 8.18. The zero-order valence-electron chi connectivity index (χ0n) is 14.8. The van der Waals surface area contributed by atoms with Crippen LogP contribution in [-0.2, 0) is 16.1 Å². The molecule has 0 radical (unpaired) electrons. The Kier molecular flexibility index (Phi) is 5.55. The maximum absolute atomic E-state index is 12.3. The molecule has 27 heavy (non-hydrogen) atoms. The van der Waals surface area contributed by atoms with Gasteiger partial charge in [-0.05, 0) is 29.5 Å². The lowest BCUT2D eigenvalue weighted by Gasteiger charge is -2.27. The van der Waals surface area contributed by atoms with Gasteiger partial charge in [0.25, 0.3) is 5.91 Å². The van der Waals surface area contributed by atoms with Gasteiger partial charge in [-0.1, -0.05) is 48.5 Å². The lowest BCUT2D eigenvalue weighted by molar-refractivity contribution is -0.113. The predicted molar refractivity (Wildman–Crippen MR) is 108 cm³/mol. The fourth-order valence-corrected chi connectivity index (χ4v) is 3.85. The molecular weight excluding hydrogens is 360 g/mol. The minimum absolute atomic E-state index is 0.195. The molecule has 1 amide bonds. The average Bonchev–Trinajstić information content (AvgIpc) is 3.09. The number of carbonyl (C=O) groups is 1. The summed E-state index contributed by atoms with van der Waals surface area (Å²) in [6, 6.07) is 17.8. The maximum atomic E-state index is 12.3. The lowest BCUT2D eigenvalue weighted by atomic mass is 10.2. The van der Waals surface area contributed by atoms with Gasteiger partial charge in [-0.2, -0.15) is 4.99 Å². The van der Waals surface area contributed by atoms with Gasteiger partial charge in [-0.3, -0.25) is 4.79 Å². The summed E-state index contributed by atoms with van der Waals surface area (Å²) in [6.07, 6.45) is 1.87. The van der Waals surface area contributed by atoms with E-state index in [9.17, 15) is 4.79 Å². The first-order valence-corrected chi connectivity index (χ1v) is 9.72. The predicted octanol–water partition coefficient (Wildman–Crippen LogP) is 3.57. The summed E-state index contributed by atoms with van der Waals surface area (Å²) in [4.78, 5) is 19.3. The normalized spacial score (nSPS) is 18.7. The number of carbonyl (C=O) groups excluding carboxylic acids is 1. The molecule has 4 rings (SSSR count). The van der Waals surface area contributed by atoms with Crippen LogP contribution in [0.25, 0.3) is 6.08 Å². The number of rotatable bonds is 4. The molecule has 0 atom stereocenters. The summed E-state index contributed by atoms with van der Waals surface area (Å²) < 4.78 is 11.3. The second-order valence-electron chi connectivity index (χ2n) is 6.22. The van der Waals surface area contributed by atoms with Crippen LogP contribution in [-0.4, -0.2) is 42.3 Å². The monoisotopic (exact) mass is 380 g/mol. The van der Waals surface area contributed by atoms with Gasteiger partial charge in [0.1, 0.15) is 12.4 Å². The van der Waals surface area contributed by atoms with Gasteiger partial charge in [0.15, 0.2) is 5.17 Å². The fraction of sp³-hybridized carbons (Fsp3) is 0.238. The van der Waals surface area contributed by atoms with Gasteiger partial charge in [-0.25, -0.2) is 0 Å². The van der Waals surface area contributed by atoms with Crippen LogP contribution in [0.15, 0.2) is 64.5 Å². The highest BCUT2D eigenvalue weighted by Gasteiger charge is 2.27. The van der Waals surface area contributed by atoms with E-state index in [4.69, 9.17) is 9.47 Å². The lowest BCUT2D eigenvalue weighted by Crippen LogP contribution is -2.38. The van der Waals surface area contributed by atoms with Gasteiger partial charge in [0, 0.05) is 18.7 Å². The molecule has 6 heteroatoms. The third-order valence-electron chi connectivity index (χ3n) is 4.33. The zero-order valence-corrected chi connectivity index (χ0v) is 15.7. The Morgan fingerprint density at radius 2 is 1.81 bits per heavy atom. The summed E-state index contributed by atoms with van der Waals surface area (Å²) in [5, 5.41) is 0.761. The molecule has 0 N–H and O–H groups in total. The number of aliphatic imine (C=N–C) groups is 1. The quantitative estimate of drug-likeness (QED) is 0.759. The topological polar surface area (TPSA) is 51.1 Å². The van der Waals surface area contributed by atoms with Gasteiger partial charge < -0.3 is 14.4 Å². The van der Waals surface area contributed by atoms with Crippen molar-refractivity contribution in [1.82, 2.24) is 4.90 Å². The Bertz CT molecular complexity index is 874. The molecule has 0 aromatic heterocycles. The third kappa shape index (κ3) is 4.40. The smallest absolute Gasteiger partial charge is 0.286 e. The summed E-state index contributed by atoms with van der Waals surface area (Å²) in [7, 11) is 0. The number of hydrogen-bond acceptors (Lipinski definition) is 5. The highest BCUT2D eigenvalue weighted by Crippen LogP contribution is 2.32. The molecule has 1 saturated heterocycles. The molecule has 0 saturated carbocycles. The van der Waals surface area contributed by atoms with Crippen molar-refractivity contribution in [2.75, 3.05) is 26.3 Å². The van der Waals surface area contributed by atoms with E-state index >= 15 is 0 Å². The molecule has 2 heterocycles. The number of nitrogens with zero attached hydrogens (tertiary/aromatic N) is 2. The fourth-order valence-electron chi connectivity index (χ4n) is 2.90. The molecule has 2 aliphatic heterocycles. The van der Waals surface area contributed by atoms with E-state index < -0.39 is 0 Å². The van der Waals surface area contributed by atoms with Crippen LogP contribution in [0.4, 0.5) is 0 Å². The number of thioether (sulfide) groups is 1. The summed E-state index contributed by atoms with van der Waals surface area (Å²) in [5.74, 6) is 0.557. The Labute approximate surface area is 162 Å². The first-order valence-electron chi connectivity index (χ1n) is 8.90. The average molecular weight is 380 g/mol. The minimum Gasteiger partial charge on any atom is -0.488 e. The van der Waals surface area contributed by atoms with E-state index in [1.54, 1.807) is 0 Å². The van der Waals surface area contributed by atoms with Crippen molar-refractivity contribution in [3.63, 3.8) is 0 Å².